The molecule has 0 aromatic heterocycles. The van der Waals surface area contributed by atoms with Crippen molar-refractivity contribution < 1.29 is 9.53 Å². The average Bonchev–Trinajstić information content (AvgIpc) is 2.74. The number of rotatable bonds is 2. The number of benzene rings is 1. The Balaban J connectivity index is 1.96. The summed E-state index contributed by atoms with van der Waals surface area (Å²) >= 11 is 0. The highest BCUT2D eigenvalue weighted by atomic mass is 16.5. The van der Waals surface area contributed by atoms with Crippen LogP contribution in [-0.2, 0) is 10.2 Å². The lowest BCUT2D eigenvalue weighted by atomic mass is 9.89. The van der Waals surface area contributed by atoms with Crippen LogP contribution < -0.4 is 4.74 Å². The molecule has 1 aromatic rings. The molecule has 0 saturated heterocycles. The molecule has 3 rings (SSSR count). The van der Waals surface area contributed by atoms with Crippen LogP contribution in [0.5, 0.6) is 5.75 Å². The Bertz CT molecular complexity index is 448. The first-order valence-corrected chi connectivity index (χ1v) is 5.76. The predicted molar refractivity (Wildman–Crippen MR) is 61.6 cm³/mol. The summed E-state index contributed by atoms with van der Waals surface area (Å²) in [6.07, 6.45) is 2.66. The number of carbonyl (C=O) groups is 1. The van der Waals surface area contributed by atoms with Gasteiger partial charge in [0.2, 0.25) is 0 Å². The highest BCUT2D eigenvalue weighted by Gasteiger charge is 2.69. The zero-order chi connectivity index (χ0) is 11.4. The van der Waals surface area contributed by atoms with Crippen LogP contribution in [0.4, 0.5) is 0 Å². The van der Waals surface area contributed by atoms with Crippen molar-refractivity contribution in [3.05, 3.63) is 29.8 Å². The Kier molecular flexibility index (Phi) is 1.78. The Labute approximate surface area is 95.6 Å². The Morgan fingerprint density at radius 1 is 1.19 bits per heavy atom. The van der Waals surface area contributed by atoms with Crippen LogP contribution in [0.1, 0.15) is 31.7 Å². The quantitative estimate of drug-likeness (QED) is 0.759. The van der Waals surface area contributed by atoms with Gasteiger partial charge in [-0.05, 0) is 29.5 Å². The minimum atomic E-state index is 0.149. The van der Waals surface area contributed by atoms with Gasteiger partial charge in [0.1, 0.15) is 11.5 Å². The van der Waals surface area contributed by atoms with E-state index in [1.54, 1.807) is 7.11 Å². The predicted octanol–water partition coefficient (Wildman–Crippen LogP) is 2.71. The molecule has 16 heavy (non-hydrogen) atoms. The Morgan fingerprint density at radius 2 is 1.88 bits per heavy atom. The lowest BCUT2D eigenvalue weighted by Crippen LogP contribution is -2.10. The number of carbonyl (C=O) groups excluding carboxylic acids is 1. The van der Waals surface area contributed by atoms with Crippen molar-refractivity contribution >= 4 is 5.78 Å². The second kappa shape index (κ2) is 2.88. The van der Waals surface area contributed by atoms with E-state index in [2.05, 4.69) is 19.1 Å². The summed E-state index contributed by atoms with van der Waals surface area (Å²) in [5.41, 5.74) is 1.69. The van der Waals surface area contributed by atoms with Crippen molar-refractivity contribution in [2.45, 2.75) is 31.6 Å². The second-order valence-electron chi connectivity index (χ2n) is 5.44. The number of fused-ring (bicyclic) bond motifs is 1. The van der Waals surface area contributed by atoms with E-state index in [0.29, 0.717) is 5.78 Å². The maximum Gasteiger partial charge on any atom is 0.134 e. The molecule has 0 bridgehead atoms. The van der Waals surface area contributed by atoms with Crippen LogP contribution in [0.15, 0.2) is 24.3 Å². The van der Waals surface area contributed by atoms with Crippen molar-refractivity contribution in [1.29, 1.82) is 0 Å². The van der Waals surface area contributed by atoms with E-state index in [-0.39, 0.29) is 10.8 Å². The maximum absolute atomic E-state index is 11.6. The molecule has 0 N–H and O–H groups in total. The van der Waals surface area contributed by atoms with Gasteiger partial charge in [-0.3, -0.25) is 4.79 Å². The van der Waals surface area contributed by atoms with E-state index >= 15 is 0 Å². The van der Waals surface area contributed by atoms with Crippen LogP contribution in [-0.4, -0.2) is 12.9 Å². The third kappa shape index (κ3) is 1.10. The standard InChI is InChI=1S/C14H16O2/c1-13-7-11(15)8-14(13,9-13)10-3-5-12(16-2)6-4-10/h3-6H,7-9H2,1-2H3/t13-,14+/m0/s1. The van der Waals surface area contributed by atoms with Crippen LogP contribution >= 0.6 is 0 Å². The molecule has 0 aliphatic heterocycles. The van der Waals surface area contributed by atoms with Gasteiger partial charge in [-0.1, -0.05) is 19.1 Å². The normalized spacial score (nSPS) is 36.0. The molecule has 2 fully saturated rings. The molecule has 0 unspecified atom stereocenters. The molecule has 2 aliphatic rings. The van der Waals surface area contributed by atoms with Gasteiger partial charge in [0.25, 0.3) is 0 Å². The second-order valence-corrected chi connectivity index (χ2v) is 5.44. The highest BCUT2D eigenvalue weighted by molar-refractivity contribution is 5.87. The van der Waals surface area contributed by atoms with Crippen molar-refractivity contribution in [2.75, 3.05) is 7.11 Å². The maximum atomic E-state index is 11.6. The Hall–Kier alpha value is -1.31. The van der Waals surface area contributed by atoms with Crippen molar-refractivity contribution in [1.82, 2.24) is 0 Å². The van der Waals surface area contributed by atoms with Crippen LogP contribution in [0.25, 0.3) is 0 Å². The van der Waals surface area contributed by atoms with Crippen LogP contribution in [0.3, 0.4) is 0 Å². The zero-order valence-corrected chi connectivity index (χ0v) is 9.75. The smallest absolute Gasteiger partial charge is 0.134 e. The third-order valence-corrected chi connectivity index (χ3v) is 4.45. The minimum Gasteiger partial charge on any atom is -0.497 e. The van der Waals surface area contributed by atoms with Gasteiger partial charge < -0.3 is 4.74 Å². The van der Waals surface area contributed by atoms with Crippen LogP contribution in [0.2, 0.25) is 0 Å². The number of Topliss-reactive ketones (excluding diaryl/α,β-unsaturated/α-hetero) is 1. The van der Waals surface area contributed by atoms with Gasteiger partial charge in [-0.2, -0.15) is 0 Å². The molecule has 2 heteroatoms. The van der Waals surface area contributed by atoms with E-state index in [9.17, 15) is 4.79 Å². The minimum absolute atomic E-state index is 0.149. The number of ether oxygens (including phenoxy) is 1. The summed E-state index contributed by atoms with van der Waals surface area (Å²) in [5.74, 6) is 1.30. The summed E-state index contributed by atoms with van der Waals surface area (Å²) in [5, 5.41) is 0. The first kappa shape index (κ1) is 9.88. The summed E-state index contributed by atoms with van der Waals surface area (Å²) in [6, 6.07) is 8.21. The lowest BCUT2D eigenvalue weighted by molar-refractivity contribution is -0.118. The van der Waals surface area contributed by atoms with Crippen molar-refractivity contribution in [3.63, 3.8) is 0 Å². The summed E-state index contributed by atoms with van der Waals surface area (Å²) < 4.78 is 5.16. The highest BCUT2D eigenvalue weighted by Crippen LogP contribution is 2.72. The Morgan fingerprint density at radius 3 is 2.38 bits per heavy atom. The zero-order valence-electron chi connectivity index (χ0n) is 9.75. The molecule has 0 heterocycles. The van der Waals surface area contributed by atoms with E-state index in [0.717, 1.165) is 25.0 Å². The SMILES string of the molecule is COc1ccc([C@]23CC(=O)C[C@@]2(C)C3)cc1. The molecule has 2 aliphatic carbocycles. The molecule has 84 valence electrons. The molecular weight excluding hydrogens is 200 g/mol. The first-order chi connectivity index (χ1) is 7.60. The fraction of sp³-hybridized carbons (Fsp3) is 0.500. The van der Waals surface area contributed by atoms with E-state index in [1.165, 1.54) is 5.56 Å². The fourth-order valence-corrected chi connectivity index (χ4v) is 3.43. The van der Waals surface area contributed by atoms with Gasteiger partial charge >= 0.3 is 0 Å². The summed E-state index contributed by atoms with van der Waals surface area (Å²) in [4.78, 5) is 11.6. The topological polar surface area (TPSA) is 26.3 Å². The molecule has 2 saturated carbocycles. The van der Waals surface area contributed by atoms with E-state index in [1.807, 2.05) is 12.1 Å². The van der Waals surface area contributed by atoms with Gasteiger partial charge in [-0.25, -0.2) is 0 Å². The molecule has 0 spiro atoms. The van der Waals surface area contributed by atoms with Gasteiger partial charge in [0.05, 0.1) is 7.11 Å². The first-order valence-electron chi connectivity index (χ1n) is 5.76. The third-order valence-electron chi connectivity index (χ3n) is 4.45. The number of ketones is 1. The van der Waals surface area contributed by atoms with E-state index in [4.69, 9.17) is 4.74 Å². The number of hydrogen-bond donors (Lipinski definition) is 0. The van der Waals surface area contributed by atoms with Crippen LogP contribution in [0, 0.1) is 5.41 Å². The summed E-state index contributed by atoms with van der Waals surface area (Å²) in [6.45, 7) is 2.24. The summed E-state index contributed by atoms with van der Waals surface area (Å²) in [7, 11) is 1.67. The molecule has 2 nitrogen and oxygen atoms in total. The average molecular weight is 216 g/mol. The van der Waals surface area contributed by atoms with Crippen molar-refractivity contribution in [2.24, 2.45) is 5.41 Å². The molecule has 2 atom stereocenters. The fourth-order valence-electron chi connectivity index (χ4n) is 3.43. The largest absolute Gasteiger partial charge is 0.497 e. The van der Waals surface area contributed by atoms with Gasteiger partial charge in [0, 0.05) is 18.3 Å². The lowest BCUT2D eigenvalue weighted by Gasteiger charge is -2.14. The molecule has 0 radical (unpaired) electrons. The molecule has 1 aromatic carbocycles. The van der Waals surface area contributed by atoms with Gasteiger partial charge in [-0.15, -0.1) is 0 Å². The van der Waals surface area contributed by atoms with Crippen molar-refractivity contribution in [3.8, 4) is 5.75 Å². The molecule has 0 amide bonds. The van der Waals surface area contributed by atoms with E-state index < -0.39 is 0 Å². The number of methoxy groups -OCH3 is 1. The monoisotopic (exact) mass is 216 g/mol. The van der Waals surface area contributed by atoms with Gasteiger partial charge in [0.15, 0.2) is 0 Å². The number of hydrogen-bond acceptors (Lipinski definition) is 2. The molecular formula is C14H16O2.